The summed E-state index contributed by atoms with van der Waals surface area (Å²) in [6, 6.07) is 10.3. The first-order valence-corrected chi connectivity index (χ1v) is 7.42. The van der Waals surface area contributed by atoms with Crippen LogP contribution in [-0.2, 0) is 6.54 Å². The lowest BCUT2D eigenvalue weighted by atomic mass is 10.1. The van der Waals surface area contributed by atoms with Gasteiger partial charge in [-0.25, -0.2) is 0 Å². The van der Waals surface area contributed by atoms with Crippen LogP contribution in [0, 0.1) is 13.8 Å². The van der Waals surface area contributed by atoms with Crippen LogP contribution in [0.3, 0.4) is 0 Å². The van der Waals surface area contributed by atoms with Gasteiger partial charge in [0, 0.05) is 30.5 Å². The van der Waals surface area contributed by atoms with Crippen molar-refractivity contribution in [2.75, 3.05) is 0 Å². The maximum absolute atomic E-state index is 12.8. The van der Waals surface area contributed by atoms with Gasteiger partial charge in [-0.15, -0.1) is 0 Å². The summed E-state index contributed by atoms with van der Waals surface area (Å²) >= 11 is 0. The predicted molar refractivity (Wildman–Crippen MR) is 83.0 cm³/mol. The highest BCUT2D eigenvalue weighted by atomic mass is 16.2. The van der Waals surface area contributed by atoms with Crippen molar-refractivity contribution in [3.8, 4) is 0 Å². The van der Waals surface area contributed by atoms with Gasteiger partial charge in [-0.2, -0.15) is 0 Å². The van der Waals surface area contributed by atoms with E-state index in [-0.39, 0.29) is 5.91 Å². The van der Waals surface area contributed by atoms with Crippen molar-refractivity contribution in [2.45, 2.75) is 39.3 Å². The third-order valence-electron chi connectivity index (χ3n) is 4.10. The summed E-state index contributed by atoms with van der Waals surface area (Å²) in [7, 11) is 0. The molecule has 0 spiro atoms. The number of carbonyl (C=O) groups excluding carboxylic acids is 1. The molecule has 3 heteroatoms. The van der Waals surface area contributed by atoms with Crippen LogP contribution >= 0.6 is 0 Å². The second-order valence-electron chi connectivity index (χ2n) is 5.82. The van der Waals surface area contributed by atoms with E-state index in [0.29, 0.717) is 12.6 Å². The van der Waals surface area contributed by atoms with Crippen molar-refractivity contribution in [3.05, 3.63) is 65.0 Å². The van der Waals surface area contributed by atoms with Crippen molar-refractivity contribution in [1.29, 1.82) is 0 Å². The second kappa shape index (κ2) is 5.68. The molecular formula is C18H20N2O. The summed E-state index contributed by atoms with van der Waals surface area (Å²) in [4.78, 5) is 18.8. The second-order valence-corrected chi connectivity index (χ2v) is 5.82. The minimum atomic E-state index is 0.136. The van der Waals surface area contributed by atoms with Crippen LogP contribution in [0.2, 0.25) is 0 Å². The summed E-state index contributed by atoms with van der Waals surface area (Å²) < 4.78 is 0. The summed E-state index contributed by atoms with van der Waals surface area (Å²) in [6.45, 7) is 4.79. The third kappa shape index (κ3) is 3.13. The molecule has 0 bridgehead atoms. The van der Waals surface area contributed by atoms with Crippen molar-refractivity contribution >= 4 is 5.91 Å². The van der Waals surface area contributed by atoms with E-state index in [4.69, 9.17) is 0 Å². The number of hydrogen-bond acceptors (Lipinski definition) is 2. The lowest BCUT2D eigenvalue weighted by Crippen LogP contribution is -2.32. The summed E-state index contributed by atoms with van der Waals surface area (Å²) in [6.07, 6.45) is 5.78. The molecule has 1 aromatic carbocycles. The molecule has 1 fully saturated rings. The smallest absolute Gasteiger partial charge is 0.254 e. The van der Waals surface area contributed by atoms with E-state index in [2.05, 4.69) is 18.8 Å². The van der Waals surface area contributed by atoms with Gasteiger partial charge in [-0.1, -0.05) is 6.07 Å². The standard InChI is InChI=1S/C18H20N2O/c1-13-3-4-16(11-14(13)2)18(21)20(17-5-6-17)12-15-7-9-19-10-8-15/h3-4,7-11,17H,5-6,12H2,1-2H3. The number of benzene rings is 1. The molecule has 0 radical (unpaired) electrons. The van der Waals surface area contributed by atoms with E-state index in [9.17, 15) is 4.79 Å². The minimum Gasteiger partial charge on any atom is -0.331 e. The quantitative estimate of drug-likeness (QED) is 0.858. The molecular weight excluding hydrogens is 260 g/mol. The van der Waals surface area contributed by atoms with Gasteiger partial charge in [0.2, 0.25) is 0 Å². The molecule has 3 nitrogen and oxygen atoms in total. The van der Waals surface area contributed by atoms with Crippen LogP contribution in [0.15, 0.2) is 42.7 Å². The monoisotopic (exact) mass is 280 g/mol. The highest BCUT2D eigenvalue weighted by molar-refractivity contribution is 5.94. The highest BCUT2D eigenvalue weighted by Gasteiger charge is 2.33. The van der Waals surface area contributed by atoms with E-state index in [1.54, 1.807) is 12.4 Å². The Hall–Kier alpha value is -2.16. The number of rotatable bonds is 4. The Morgan fingerprint density at radius 3 is 2.48 bits per heavy atom. The number of aromatic nitrogens is 1. The van der Waals surface area contributed by atoms with Crippen molar-refractivity contribution in [2.24, 2.45) is 0 Å². The Kier molecular flexibility index (Phi) is 3.74. The fourth-order valence-electron chi connectivity index (χ4n) is 2.48. The van der Waals surface area contributed by atoms with Gasteiger partial charge < -0.3 is 4.90 Å². The number of carbonyl (C=O) groups is 1. The molecule has 0 atom stereocenters. The van der Waals surface area contributed by atoms with Gasteiger partial charge >= 0.3 is 0 Å². The van der Waals surface area contributed by atoms with Crippen LogP contribution in [0.25, 0.3) is 0 Å². The first-order chi connectivity index (χ1) is 10.1. The molecule has 1 aliphatic rings. The maximum atomic E-state index is 12.8. The molecule has 1 aromatic heterocycles. The summed E-state index contributed by atoms with van der Waals surface area (Å²) in [5, 5.41) is 0. The summed E-state index contributed by atoms with van der Waals surface area (Å²) in [5.74, 6) is 0.136. The lowest BCUT2D eigenvalue weighted by molar-refractivity contribution is 0.0730. The van der Waals surface area contributed by atoms with E-state index in [1.165, 1.54) is 11.1 Å². The van der Waals surface area contributed by atoms with Gasteiger partial charge in [0.15, 0.2) is 0 Å². The highest BCUT2D eigenvalue weighted by Crippen LogP contribution is 2.30. The third-order valence-corrected chi connectivity index (χ3v) is 4.10. The largest absolute Gasteiger partial charge is 0.331 e. The van der Waals surface area contributed by atoms with Crippen molar-refractivity contribution in [1.82, 2.24) is 9.88 Å². The first kappa shape index (κ1) is 13.8. The Morgan fingerprint density at radius 2 is 1.86 bits per heavy atom. The lowest BCUT2D eigenvalue weighted by Gasteiger charge is -2.23. The molecule has 2 aromatic rings. The molecule has 1 heterocycles. The van der Waals surface area contributed by atoms with Crippen molar-refractivity contribution < 1.29 is 4.79 Å². The first-order valence-electron chi connectivity index (χ1n) is 7.42. The SMILES string of the molecule is Cc1ccc(C(=O)N(Cc2ccncc2)C2CC2)cc1C. The van der Waals surface area contributed by atoms with E-state index in [0.717, 1.165) is 24.0 Å². The molecule has 0 saturated heterocycles. The number of amides is 1. The topological polar surface area (TPSA) is 33.2 Å². The molecule has 0 aliphatic heterocycles. The normalized spacial score (nSPS) is 14.0. The Morgan fingerprint density at radius 1 is 1.14 bits per heavy atom. The van der Waals surface area contributed by atoms with Gasteiger partial charge in [0.1, 0.15) is 0 Å². The van der Waals surface area contributed by atoms with Gasteiger partial charge in [-0.05, 0) is 67.6 Å². The van der Waals surface area contributed by atoms with Gasteiger partial charge in [0.25, 0.3) is 5.91 Å². The summed E-state index contributed by atoms with van der Waals surface area (Å²) in [5.41, 5.74) is 4.31. The predicted octanol–water partition coefficient (Wildman–Crippen LogP) is 3.50. The minimum absolute atomic E-state index is 0.136. The van der Waals surface area contributed by atoms with E-state index >= 15 is 0 Å². The van der Waals surface area contributed by atoms with Crippen LogP contribution in [0.5, 0.6) is 0 Å². The molecule has 3 rings (SSSR count). The molecule has 0 unspecified atom stereocenters. The number of aryl methyl sites for hydroxylation is 2. The number of nitrogens with zero attached hydrogens (tertiary/aromatic N) is 2. The zero-order chi connectivity index (χ0) is 14.8. The fraction of sp³-hybridized carbons (Fsp3) is 0.333. The molecule has 0 N–H and O–H groups in total. The Bertz CT molecular complexity index is 648. The molecule has 108 valence electrons. The van der Waals surface area contributed by atoms with Gasteiger partial charge in [-0.3, -0.25) is 9.78 Å². The molecule has 1 saturated carbocycles. The average molecular weight is 280 g/mol. The van der Waals surface area contributed by atoms with Crippen LogP contribution < -0.4 is 0 Å². The maximum Gasteiger partial charge on any atom is 0.254 e. The van der Waals surface area contributed by atoms with Crippen molar-refractivity contribution in [3.63, 3.8) is 0 Å². The van der Waals surface area contributed by atoms with Crippen LogP contribution in [-0.4, -0.2) is 21.8 Å². The fourth-order valence-corrected chi connectivity index (χ4v) is 2.48. The van der Waals surface area contributed by atoms with E-state index < -0.39 is 0 Å². The van der Waals surface area contributed by atoms with Gasteiger partial charge in [0.05, 0.1) is 0 Å². The van der Waals surface area contributed by atoms with Crippen LogP contribution in [0.1, 0.15) is 39.9 Å². The number of pyridine rings is 1. The number of hydrogen-bond donors (Lipinski definition) is 0. The average Bonchev–Trinajstić information content (AvgIpc) is 3.33. The van der Waals surface area contributed by atoms with E-state index in [1.807, 2.05) is 35.2 Å². The Labute approximate surface area is 125 Å². The Balaban J connectivity index is 1.83. The zero-order valence-corrected chi connectivity index (χ0v) is 12.5. The van der Waals surface area contributed by atoms with Crippen LogP contribution in [0.4, 0.5) is 0 Å². The molecule has 1 aliphatic carbocycles. The zero-order valence-electron chi connectivity index (χ0n) is 12.5. The molecule has 21 heavy (non-hydrogen) atoms. The molecule has 1 amide bonds.